The normalized spacial score (nSPS) is 34.5. The van der Waals surface area contributed by atoms with Crippen molar-refractivity contribution in [3.63, 3.8) is 0 Å². The molecular formula is C9H13NO. The average Bonchev–Trinajstić information content (AvgIpc) is 2.82. The van der Waals surface area contributed by atoms with E-state index in [2.05, 4.69) is 11.9 Å². The van der Waals surface area contributed by atoms with Gasteiger partial charge < -0.3 is 5.32 Å². The standard InChI is InChI=1S/C9H13NO/c1-2-6-5-8(6)9(11)10-7-3-4-7/h2,6-8H,1,3-5H2,(H,10,11). The molecule has 0 spiro atoms. The summed E-state index contributed by atoms with van der Waals surface area (Å²) in [5.41, 5.74) is 0. The first kappa shape index (κ1) is 6.89. The van der Waals surface area contributed by atoms with Crippen LogP contribution in [0, 0.1) is 11.8 Å². The molecule has 1 amide bonds. The minimum atomic E-state index is 0.248. The van der Waals surface area contributed by atoms with Gasteiger partial charge in [-0.25, -0.2) is 0 Å². The summed E-state index contributed by atoms with van der Waals surface area (Å²) in [6.07, 6.45) is 5.26. The summed E-state index contributed by atoms with van der Waals surface area (Å²) < 4.78 is 0. The van der Waals surface area contributed by atoms with E-state index >= 15 is 0 Å². The average molecular weight is 151 g/mol. The quantitative estimate of drug-likeness (QED) is 0.601. The van der Waals surface area contributed by atoms with Crippen molar-refractivity contribution in [2.24, 2.45) is 11.8 Å². The molecule has 11 heavy (non-hydrogen) atoms. The lowest BCUT2D eigenvalue weighted by Gasteiger charge is -1.99. The highest BCUT2D eigenvalue weighted by Gasteiger charge is 2.42. The highest BCUT2D eigenvalue weighted by Crippen LogP contribution is 2.39. The summed E-state index contributed by atoms with van der Waals surface area (Å²) in [5, 5.41) is 2.99. The fourth-order valence-electron chi connectivity index (χ4n) is 1.31. The monoisotopic (exact) mass is 151 g/mol. The Bertz CT molecular complexity index is 196. The molecule has 2 rings (SSSR count). The predicted molar refractivity (Wildman–Crippen MR) is 43.0 cm³/mol. The third kappa shape index (κ3) is 1.44. The highest BCUT2D eigenvalue weighted by molar-refractivity contribution is 5.82. The maximum absolute atomic E-state index is 11.3. The SMILES string of the molecule is C=CC1CC1C(=O)NC1CC1. The Hall–Kier alpha value is -0.790. The lowest BCUT2D eigenvalue weighted by Crippen LogP contribution is -2.27. The summed E-state index contributed by atoms with van der Waals surface area (Å²) in [4.78, 5) is 11.3. The van der Waals surface area contributed by atoms with Gasteiger partial charge >= 0.3 is 0 Å². The molecule has 2 saturated carbocycles. The molecule has 2 fully saturated rings. The number of carbonyl (C=O) groups excluding carboxylic acids is 1. The minimum Gasteiger partial charge on any atom is -0.353 e. The zero-order valence-electron chi connectivity index (χ0n) is 6.55. The fourth-order valence-corrected chi connectivity index (χ4v) is 1.31. The first-order valence-electron chi connectivity index (χ1n) is 4.24. The van der Waals surface area contributed by atoms with Crippen LogP contribution in [-0.2, 0) is 4.79 Å². The molecule has 0 heterocycles. The first-order valence-corrected chi connectivity index (χ1v) is 4.24. The second-order valence-electron chi connectivity index (χ2n) is 3.52. The highest BCUT2D eigenvalue weighted by atomic mass is 16.2. The Morgan fingerprint density at radius 2 is 2.27 bits per heavy atom. The van der Waals surface area contributed by atoms with E-state index in [1.54, 1.807) is 0 Å². The Morgan fingerprint density at radius 1 is 1.55 bits per heavy atom. The molecule has 0 aromatic carbocycles. The fraction of sp³-hybridized carbons (Fsp3) is 0.667. The molecule has 60 valence electrons. The van der Waals surface area contributed by atoms with Gasteiger partial charge in [-0.1, -0.05) is 6.08 Å². The zero-order valence-corrected chi connectivity index (χ0v) is 6.55. The van der Waals surface area contributed by atoms with E-state index in [4.69, 9.17) is 0 Å². The van der Waals surface area contributed by atoms with Crippen molar-refractivity contribution in [2.45, 2.75) is 25.3 Å². The van der Waals surface area contributed by atoms with Crippen LogP contribution in [0.3, 0.4) is 0 Å². The van der Waals surface area contributed by atoms with Gasteiger partial charge in [-0.05, 0) is 25.2 Å². The molecule has 0 radical (unpaired) electrons. The van der Waals surface area contributed by atoms with Crippen LogP contribution < -0.4 is 5.32 Å². The van der Waals surface area contributed by atoms with Gasteiger partial charge in [0.25, 0.3) is 0 Å². The van der Waals surface area contributed by atoms with Crippen molar-refractivity contribution in [1.82, 2.24) is 5.32 Å². The van der Waals surface area contributed by atoms with Gasteiger partial charge in [-0.15, -0.1) is 6.58 Å². The number of hydrogen-bond acceptors (Lipinski definition) is 1. The number of amides is 1. The summed E-state index contributed by atoms with van der Waals surface area (Å²) in [6.45, 7) is 3.67. The second kappa shape index (κ2) is 2.36. The van der Waals surface area contributed by atoms with E-state index in [9.17, 15) is 4.79 Å². The van der Waals surface area contributed by atoms with Crippen LogP contribution in [-0.4, -0.2) is 11.9 Å². The van der Waals surface area contributed by atoms with E-state index in [-0.39, 0.29) is 11.8 Å². The van der Waals surface area contributed by atoms with Crippen LogP contribution in [0.5, 0.6) is 0 Å². The van der Waals surface area contributed by atoms with Gasteiger partial charge in [0.15, 0.2) is 0 Å². The molecule has 0 bridgehead atoms. The third-order valence-electron chi connectivity index (χ3n) is 2.40. The van der Waals surface area contributed by atoms with Crippen LogP contribution in [0.4, 0.5) is 0 Å². The lowest BCUT2D eigenvalue weighted by molar-refractivity contribution is -0.122. The van der Waals surface area contributed by atoms with Crippen LogP contribution in [0.25, 0.3) is 0 Å². The molecule has 0 saturated heterocycles. The molecule has 0 aromatic heterocycles. The third-order valence-corrected chi connectivity index (χ3v) is 2.40. The smallest absolute Gasteiger partial charge is 0.223 e. The van der Waals surface area contributed by atoms with E-state index in [1.807, 2.05) is 6.08 Å². The van der Waals surface area contributed by atoms with Crippen molar-refractivity contribution >= 4 is 5.91 Å². The van der Waals surface area contributed by atoms with Crippen molar-refractivity contribution < 1.29 is 4.79 Å². The zero-order chi connectivity index (χ0) is 7.84. The Balaban J connectivity index is 1.77. The molecule has 0 aliphatic heterocycles. The predicted octanol–water partition coefficient (Wildman–Crippen LogP) is 1.09. The minimum absolute atomic E-state index is 0.248. The molecular weight excluding hydrogens is 138 g/mol. The van der Waals surface area contributed by atoms with Gasteiger partial charge in [0.05, 0.1) is 0 Å². The summed E-state index contributed by atoms with van der Waals surface area (Å²) >= 11 is 0. The summed E-state index contributed by atoms with van der Waals surface area (Å²) in [5.74, 6) is 0.972. The maximum Gasteiger partial charge on any atom is 0.223 e. The molecule has 2 unspecified atom stereocenters. The van der Waals surface area contributed by atoms with Crippen molar-refractivity contribution in [1.29, 1.82) is 0 Å². The van der Waals surface area contributed by atoms with Gasteiger partial charge in [-0.2, -0.15) is 0 Å². The van der Waals surface area contributed by atoms with Crippen molar-refractivity contribution in [2.75, 3.05) is 0 Å². The first-order chi connectivity index (χ1) is 5.31. The maximum atomic E-state index is 11.3. The number of rotatable bonds is 3. The van der Waals surface area contributed by atoms with Crippen molar-refractivity contribution in [3.05, 3.63) is 12.7 Å². The van der Waals surface area contributed by atoms with Crippen LogP contribution in [0.1, 0.15) is 19.3 Å². The summed E-state index contributed by atoms with van der Waals surface area (Å²) in [6, 6.07) is 0.508. The number of allylic oxidation sites excluding steroid dienone is 1. The van der Waals surface area contributed by atoms with Crippen LogP contribution in [0.15, 0.2) is 12.7 Å². The van der Waals surface area contributed by atoms with E-state index in [0.29, 0.717) is 12.0 Å². The lowest BCUT2D eigenvalue weighted by atomic mass is 10.3. The van der Waals surface area contributed by atoms with Crippen LogP contribution >= 0.6 is 0 Å². The molecule has 2 heteroatoms. The Morgan fingerprint density at radius 3 is 2.73 bits per heavy atom. The van der Waals surface area contributed by atoms with Crippen LogP contribution in [0.2, 0.25) is 0 Å². The number of nitrogens with one attached hydrogen (secondary N) is 1. The Kier molecular flexibility index (Phi) is 1.48. The largest absolute Gasteiger partial charge is 0.353 e. The number of carbonyl (C=O) groups is 1. The van der Waals surface area contributed by atoms with Gasteiger partial charge in [0.2, 0.25) is 5.91 Å². The van der Waals surface area contributed by atoms with E-state index in [1.165, 1.54) is 12.8 Å². The molecule has 2 nitrogen and oxygen atoms in total. The molecule has 0 aromatic rings. The molecule has 2 aliphatic carbocycles. The second-order valence-corrected chi connectivity index (χ2v) is 3.52. The van der Waals surface area contributed by atoms with Crippen molar-refractivity contribution in [3.8, 4) is 0 Å². The van der Waals surface area contributed by atoms with Gasteiger partial charge in [-0.3, -0.25) is 4.79 Å². The molecule has 1 N–H and O–H groups in total. The summed E-state index contributed by atoms with van der Waals surface area (Å²) in [7, 11) is 0. The topological polar surface area (TPSA) is 29.1 Å². The molecule has 2 aliphatic rings. The van der Waals surface area contributed by atoms with E-state index in [0.717, 1.165) is 6.42 Å². The van der Waals surface area contributed by atoms with Gasteiger partial charge in [0.1, 0.15) is 0 Å². The Labute approximate surface area is 66.7 Å². The number of hydrogen-bond donors (Lipinski definition) is 1. The van der Waals surface area contributed by atoms with Gasteiger partial charge in [0, 0.05) is 12.0 Å². The van der Waals surface area contributed by atoms with E-state index < -0.39 is 0 Å². The molecule has 2 atom stereocenters.